The molecule has 3 aromatic rings. The number of aryl methyl sites for hydroxylation is 1. The number of nitrogens with zero attached hydrogens (tertiary/aromatic N) is 5. The monoisotopic (exact) mass is 380 g/mol. The molecule has 0 bridgehead atoms. The van der Waals surface area contributed by atoms with Crippen LogP contribution in [0.5, 0.6) is 0 Å². The number of rotatable bonds is 2. The molecular formula is C20H24N6O2. The van der Waals surface area contributed by atoms with Gasteiger partial charge in [-0.3, -0.25) is 10.1 Å². The van der Waals surface area contributed by atoms with E-state index in [-0.39, 0.29) is 10.6 Å². The number of benzene rings is 2. The molecule has 1 aliphatic heterocycles. The molecule has 0 aliphatic carbocycles. The van der Waals surface area contributed by atoms with Gasteiger partial charge in [0.05, 0.1) is 10.4 Å². The molecule has 146 valence electrons. The average molecular weight is 380 g/mol. The third kappa shape index (κ3) is 4.72. The van der Waals surface area contributed by atoms with E-state index in [1.807, 2.05) is 31.2 Å². The zero-order valence-electron chi connectivity index (χ0n) is 16.1. The Labute approximate surface area is 163 Å². The number of nitro groups is 1. The van der Waals surface area contributed by atoms with Crippen molar-refractivity contribution < 1.29 is 4.92 Å². The first-order valence-electron chi connectivity index (χ1n) is 9.08. The summed E-state index contributed by atoms with van der Waals surface area (Å²) in [6.07, 6.45) is 3.06. The van der Waals surface area contributed by atoms with Gasteiger partial charge in [0.25, 0.3) is 5.69 Å². The molecule has 0 atom stereocenters. The van der Waals surface area contributed by atoms with Crippen LogP contribution in [0.2, 0.25) is 0 Å². The Bertz CT molecular complexity index is 953. The molecule has 8 nitrogen and oxygen atoms in total. The first kappa shape index (κ1) is 19.5. The van der Waals surface area contributed by atoms with Crippen LogP contribution < -0.4 is 10.6 Å². The summed E-state index contributed by atoms with van der Waals surface area (Å²) in [6, 6.07) is 11.2. The maximum absolute atomic E-state index is 11.3. The number of hydrogen-bond acceptors (Lipinski definition) is 7. The van der Waals surface area contributed by atoms with E-state index in [0.29, 0.717) is 11.1 Å². The lowest BCUT2D eigenvalue weighted by atomic mass is 10.1. The van der Waals surface area contributed by atoms with Crippen LogP contribution >= 0.6 is 0 Å². The summed E-state index contributed by atoms with van der Waals surface area (Å²) in [7, 11) is 2.05. The maximum Gasteiger partial charge on any atom is 0.293 e. The van der Waals surface area contributed by atoms with Gasteiger partial charge in [-0.25, -0.2) is 9.97 Å². The van der Waals surface area contributed by atoms with Crippen LogP contribution in [0.3, 0.4) is 0 Å². The molecule has 1 saturated heterocycles. The minimum atomic E-state index is -0.333. The van der Waals surface area contributed by atoms with Gasteiger partial charge in [0.15, 0.2) is 0 Å². The Kier molecular flexibility index (Phi) is 6.00. The van der Waals surface area contributed by atoms with E-state index in [9.17, 15) is 10.1 Å². The fourth-order valence-electron chi connectivity index (χ4n) is 3.12. The summed E-state index contributed by atoms with van der Waals surface area (Å²) in [4.78, 5) is 23.3. The van der Waals surface area contributed by atoms with Crippen LogP contribution in [0.15, 0.2) is 48.9 Å². The molecule has 1 fully saturated rings. The van der Waals surface area contributed by atoms with Crippen molar-refractivity contribution in [1.82, 2.24) is 14.9 Å². The number of anilines is 2. The molecular weight excluding hydrogens is 356 g/mol. The van der Waals surface area contributed by atoms with Gasteiger partial charge in [0.2, 0.25) is 0 Å². The highest BCUT2D eigenvalue weighted by molar-refractivity contribution is 5.87. The molecule has 0 radical (unpaired) electrons. The van der Waals surface area contributed by atoms with Gasteiger partial charge in [-0.15, -0.1) is 0 Å². The van der Waals surface area contributed by atoms with Crippen molar-refractivity contribution in [2.75, 3.05) is 43.9 Å². The summed E-state index contributed by atoms with van der Waals surface area (Å²) in [5.74, 6) is 0. The lowest BCUT2D eigenvalue weighted by molar-refractivity contribution is -0.384. The molecule has 2 heterocycles. The summed E-state index contributed by atoms with van der Waals surface area (Å²) in [5, 5.41) is 12.0. The first-order chi connectivity index (χ1) is 13.4. The molecule has 2 aromatic carbocycles. The molecule has 2 N–H and O–H groups in total. The second kappa shape index (κ2) is 8.62. The molecule has 0 saturated carbocycles. The molecule has 28 heavy (non-hydrogen) atoms. The van der Waals surface area contributed by atoms with Gasteiger partial charge in [-0.2, -0.15) is 0 Å². The lowest BCUT2D eigenvalue weighted by Gasteiger charge is -2.33. The SMILES string of the molecule is CN1CCN(c2cc3ncncc3cc2[N+](=O)[O-])CC1.Cc1cccc(N)c1. The molecule has 0 spiro atoms. The second-order valence-electron chi connectivity index (χ2n) is 6.88. The Balaban J connectivity index is 0.000000236. The van der Waals surface area contributed by atoms with Crippen molar-refractivity contribution in [3.05, 3.63) is 64.6 Å². The number of nitro benzene ring substituents is 1. The van der Waals surface area contributed by atoms with Crippen molar-refractivity contribution in [3.8, 4) is 0 Å². The van der Waals surface area contributed by atoms with Gasteiger partial charge < -0.3 is 15.5 Å². The predicted octanol–water partition coefficient (Wildman–Crippen LogP) is 2.87. The van der Waals surface area contributed by atoms with Gasteiger partial charge in [0.1, 0.15) is 12.0 Å². The van der Waals surface area contributed by atoms with E-state index >= 15 is 0 Å². The molecule has 8 heteroatoms. The van der Waals surface area contributed by atoms with E-state index in [4.69, 9.17) is 5.73 Å². The van der Waals surface area contributed by atoms with Crippen LogP contribution in [-0.4, -0.2) is 53.0 Å². The fraction of sp³-hybridized carbons (Fsp3) is 0.300. The highest BCUT2D eigenvalue weighted by atomic mass is 16.6. The highest BCUT2D eigenvalue weighted by Crippen LogP contribution is 2.32. The second-order valence-corrected chi connectivity index (χ2v) is 6.88. The third-order valence-corrected chi connectivity index (χ3v) is 4.68. The van der Waals surface area contributed by atoms with E-state index in [1.165, 1.54) is 11.9 Å². The van der Waals surface area contributed by atoms with Crippen LogP contribution in [-0.2, 0) is 0 Å². The van der Waals surface area contributed by atoms with Gasteiger partial charge in [0, 0.05) is 49.5 Å². The van der Waals surface area contributed by atoms with E-state index < -0.39 is 0 Å². The zero-order chi connectivity index (χ0) is 20.1. The summed E-state index contributed by atoms with van der Waals surface area (Å²) in [6.45, 7) is 5.40. The number of nitrogens with two attached hydrogens (primary N) is 1. The van der Waals surface area contributed by atoms with Crippen molar-refractivity contribution in [2.45, 2.75) is 6.92 Å². The summed E-state index contributed by atoms with van der Waals surface area (Å²) < 4.78 is 0. The minimum absolute atomic E-state index is 0.122. The number of hydrogen-bond donors (Lipinski definition) is 1. The Hall–Kier alpha value is -3.26. The van der Waals surface area contributed by atoms with Gasteiger partial charge in [-0.1, -0.05) is 12.1 Å². The van der Waals surface area contributed by atoms with Crippen LogP contribution in [0.4, 0.5) is 17.1 Å². The van der Waals surface area contributed by atoms with Gasteiger partial charge >= 0.3 is 0 Å². The topological polar surface area (TPSA) is 101 Å². The molecule has 4 rings (SSSR count). The quantitative estimate of drug-likeness (QED) is 0.414. The van der Waals surface area contributed by atoms with Crippen LogP contribution in [0, 0.1) is 17.0 Å². The fourth-order valence-corrected chi connectivity index (χ4v) is 3.12. The molecule has 1 aromatic heterocycles. The van der Waals surface area contributed by atoms with Crippen molar-refractivity contribution in [1.29, 1.82) is 0 Å². The zero-order valence-corrected chi connectivity index (χ0v) is 16.1. The van der Waals surface area contributed by atoms with Crippen molar-refractivity contribution in [3.63, 3.8) is 0 Å². The standard InChI is InChI=1S/C13H15N5O2.C7H9N/c1-16-2-4-17(5-3-16)12-7-11-10(8-14-9-15-11)6-13(12)18(19)20;1-6-3-2-4-7(8)5-6/h6-9H,2-5H2,1H3;2-5H,8H2,1H3. The van der Waals surface area contributed by atoms with Crippen LogP contribution in [0.25, 0.3) is 10.9 Å². The van der Waals surface area contributed by atoms with E-state index in [0.717, 1.165) is 37.4 Å². The van der Waals surface area contributed by atoms with Crippen molar-refractivity contribution >= 4 is 28.0 Å². The number of fused-ring (bicyclic) bond motifs is 1. The Morgan fingerprint density at radius 1 is 1.14 bits per heavy atom. The Morgan fingerprint density at radius 3 is 2.50 bits per heavy atom. The maximum atomic E-state index is 11.3. The van der Waals surface area contributed by atoms with Gasteiger partial charge in [-0.05, 0) is 37.7 Å². The first-order valence-corrected chi connectivity index (χ1v) is 9.08. The molecule has 1 aliphatic rings. The van der Waals surface area contributed by atoms with E-state index in [2.05, 4.69) is 26.8 Å². The average Bonchev–Trinajstić information content (AvgIpc) is 2.68. The molecule has 0 amide bonds. The largest absolute Gasteiger partial charge is 0.399 e. The predicted molar refractivity (Wildman–Crippen MR) is 111 cm³/mol. The number of aromatic nitrogens is 2. The minimum Gasteiger partial charge on any atom is -0.399 e. The summed E-state index contributed by atoms with van der Waals surface area (Å²) >= 11 is 0. The third-order valence-electron chi connectivity index (χ3n) is 4.68. The number of likely N-dealkylation sites (N-methyl/N-ethyl adjacent to an activating group) is 1. The smallest absolute Gasteiger partial charge is 0.293 e. The van der Waals surface area contributed by atoms with E-state index in [1.54, 1.807) is 18.3 Å². The highest BCUT2D eigenvalue weighted by Gasteiger charge is 2.23. The van der Waals surface area contributed by atoms with Crippen LogP contribution in [0.1, 0.15) is 5.56 Å². The normalized spacial score (nSPS) is 14.4. The summed E-state index contributed by atoms with van der Waals surface area (Å²) in [5.41, 5.74) is 9.01. The number of nitrogen functional groups attached to an aromatic ring is 1. The number of piperazine rings is 1. The molecule has 0 unspecified atom stereocenters. The Morgan fingerprint density at radius 2 is 1.89 bits per heavy atom. The van der Waals surface area contributed by atoms with Crippen molar-refractivity contribution in [2.24, 2.45) is 0 Å². The lowest BCUT2D eigenvalue weighted by Crippen LogP contribution is -2.44.